The Hall–Kier alpha value is -3.84. The van der Waals surface area contributed by atoms with Crippen molar-refractivity contribution in [1.29, 1.82) is 0 Å². The van der Waals surface area contributed by atoms with Crippen LogP contribution in [-0.4, -0.2) is 28.9 Å². The first-order valence-electron chi connectivity index (χ1n) is 11.9. The van der Waals surface area contributed by atoms with Gasteiger partial charge in [-0.3, -0.25) is 4.98 Å². The Balaban J connectivity index is 1.69. The van der Waals surface area contributed by atoms with Crippen LogP contribution in [0.15, 0.2) is 72.9 Å². The molecule has 1 aliphatic rings. The fourth-order valence-corrected chi connectivity index (χ4v) is 5.43. The zero-order chi connectivity index (χ0) is 25.4. The number of nitrogens with zero attached hydrogens (tertiary/aromatic N) is 3. The number of hydrogen-bond donors (Lipinski definition) is 1. The number of nitrogens with one attached hydrogen (secondary N) is 1. The van der Waals surface area contributed by atoms with Crippen molar-refractivity contribution in [3.05, 3.63) is 101 Å². The lowest BCUT2D eigenvalue weighted by Gasteiger charge is -2.29. The van der Waals surface area contributed by atoms with Crippen molar-refractivity contribution in [3.63, 3.8) is 0 Å². The minimum atomic E-state index is -0.141. The lowest BCUT2D eigenvalue weighted by Crippen LogP contribution is -2.30. The predicted octanol–water partition coefficient (Wildman–Crippen LogP) is 5.99. The van der Waals surface area contributed by atoms with Gasteiger partial charge in [-0.15, -0.1) is 0 Å². The first-order chi connectivity index (χ1) is 17.4. The summed E-state index contributed by atoms with van der Waals surface area (Å²) < 4.78 is 13.5. The van der Waals surface area contributed by atoms with Gasteiger partial charge in [-0.2, -0.15) is 0 Å². The predicted molar refractivity (Wildman–Crippen MR) is 147 cm³/mol. The SMILES string of the molecule is COc1ccc(N2C(=S)N[C@@H](c3ccccn3)[C@@H]2c2cc(C)n(-c3ccc(C)cc3)c2C)c(OC)c1. The van der Waals surface area contributed by atoms with Crippen LogP contribution in [0.3, 0.4) is 0 Å². The molecule has 3 heterocycles. The number of hydrogen-bond acceptors (Lipinski definition) is 4. The number of pyridine rings is 1. The molecule has 0 radical (unpaired) electrons. The van der Waals surface area contributed by atoms with Crippen LogP contribution in [0.2, 0.25) is 0 Å². The number of benzene rings is 2. The Bertz CT molecular complexity index is 1400. The highest BCUT2D eigenvalue weighted by Gasteiger charge is 2.43. The summed E-state index contributed by atoms with van der Waals surface area (Å²) >= 11 is 5.93. The van der Waals surface area contributed by atoms with Crippen LogP contribution in [0.4, 0.5) is 5.69 Å². The molecule has 4 aromatic rings. The van der Waals surface area contributed by atoms with Gasteiger partial charge in [-0.25, -0.2) is 0 Å². The Morgan fingerprint density at radius 2 is 1.69 bits per heavy atom. The standard InChI is InChI=1S/C29H30N4O2S/c1-18-9-11-21(12-10-18)32-19(2)16-23(20(32)3)28-27(24-8-6-7-15-30-24)31-29(36)33(28)25-14-13-22(34-4)17-26(25)35-5/h6-17,27-28H,1-5H3,(H,31,36)/t27-,28-/m0/s1. The van der Waals surface area contributed by atoms with E-state index in [1.165, 1.54) is 11.1 Å². The lowest BCUT2D eigenvalue weighted by atomic mass is 9.96. The van der Waals surface area contributed by atoms with E-state index in [0.29, 0.717) is 10.9 Å². The Kier molecular flexibility index (Phi) is 6.41. The first-order valence-corrected chi connectivity index (χ1v) is 12.3. The molecule has 6 nitrogen and oxygen atoms in total. The van der Waals surface area contributed by atoms with E-state index in [2.05, 4.69) is 70.9 Å². The molecule has 1 saturated heterocycles. The van der Waals surface area contributed by atoms with E-state index in [0.717, 1.165) is 34.2 Å². The average Bonchev–Trinajstić information content (AvgIpc) is 3.39. The highest BCUT2D eigenvalue weighted by Crippen LogP contribution is 2.46. The molecule has 36 heavy (non-hydrogen) atoms. The van der Waals surface area contributed by atoms with Crippen LogP contribution in [0, 0.1) is 20.8 Å². The van der Waals surface area contributed by atoms with E-state index < -0.39 is 0 Å². The molecule has 5 rings (SSSR count). The normalized spacial score (nSPS) is 17.2. The summed E-state index contributed by atoms with van der Waals surface area (Å²) in [5.74, 6) is 1.42. The van der Waals surface area contributed by atoms with Gasteiger partial charge in [-0.05, 0) is 81.0 Å². The minimum Gasteiger partial charge on any atom is -0.497 e. The zero-order valence-corrected chi connectivity index (χ0v) is 22.0. The van der Waals surface area contributed by atoms with Gasteiger partial charge in [0, 0.05) is 29.3 Å². The molecular weight excluding hydrogens is 468 g/mol. The Morgan fingerprint density at radius 3 is 2.36 bits per heavy atom. The second-order valence-corrected chi connectivity index (χ2v) is 9.42. The number of aromatic nitrogens is 2. The second kappa shape index (κ2) is 9.66. The third-order valence-corrected chi connectivity index (χ3v) is 7.14. The molecule has 0 aliphatic carbocycles. The van der Waals surface area contributed by atoms with Crippen molar-refractivity contribution in [2.24, 2.45) is 0 Å². The average molecular weight is 499 g/mol. The van der Waals surface area contributed by atoms with Crippen LogP contribution in [0.1, 0.15) is 40.3 Å². The van der Waals surface area contributed by atoms with Crippen molar-refractivity contribution in [2.45, 2.75) is 32.9 Å². The summed E-state index contributed by atoms with van der Waals surface area (Å²) in [5.41, 5.74) is 7.67. The summed E-state index contributed by atoms with van der Waals surface area (Å²) in [6, 6.07) is 22.4. The van der Waals surface area contributed by atoms with Gasteiger partial charge >= 0.3 is 0 Å². The van der Waals surface area contributed by atoms with Crippen molar-refractivity contribution in [2.75, 3.05) is 19.1 Å². The van der Waals surface area contributed by atoms with E-state index in [1.807, 2.05) is 42.6 Å². The summed E-state index contributed by atoms with van der Waals surface area (Å²) in [6.45, 7) is 6.42. The van der Waals surface area contributed by atoms with Crippen molar-refractivity contribution >= 4 is 23.0 Å². The largest absolute Gasteiger partial charge is 0.497 e. The van der Waals surface area contributed by atoms with Crippen LogP contribution in [-0.2, 0) is 0 Å². The van der Waals surface area contributed by atoms with Gasteiger partial charge in [0.15, 0.2) is 5.11 Å². The number of ether oxygens (including phenoxy) is 2. The lowest BCUT2D eigenvalue weighted by molar-refractivity contribution is 0.394. The van der Waals surface area contributed by atoms with Gasteiger partial charge in [0.05, 0.1) is 37.7 Å². The van der Waals surface area contributed by atoms with E-state index in [-0.39, 0.29) is 12.1 Å². The molecule has 2 aromatic carbocycles. The van der Waals surface area contributed by atoms with Crippen LogP contribution in [0.25, 0.3) is 5.69 Å². The maximum absolute atomic E-state index is 5.93. The topological polar surface area (TPSA) is 51.5 Å². The third-order valence-electron chi connectivity index (χ3n) is 6.83. The maximum atomic E-state index is 5.93. The Labute approximate surface area is 217 Å². The maximum Gasteiger partial charge on any atom is 0.174 e. The number of rotatable bonds is 6. The van der Waals surface area contributed by atoms with Gasteiger partial charge in [0.2, 0.25) is 0 Å². The molecule has 2 aromatic heterocycles. The number of methoxy groups -OCH3 is 2. The summed E-state index contributed by atoms with van der Waals surface area (Å²) in [5, 5.41) is 4.17. The van der Waals surface area contributed by atoms with Gasteiger partial charge in [-0.1, -0.05) is 23.8 Å². The molecule has 0 unspecified atom stereocenters. The summed E-state index contributed by atoms with van der Waals surface area (Å²) in [6.07, 6.45) is 1.82. The molecular formula is C29H30N4O2S. The number of aryl methyl sites for hydroxylation is 2. The number of anilines is 1. The molecule has 2 atom stereocenters. The van der Waals surface area contributed by atoms with Crippen molar-refractivity contribution < 1.29 is 9.47 Å². The molecule has 1 N–H and O–H groups in total. The van der Waals surface area contributed by atoms with Gasteiger partial charge in [0.1, 0.15) is 11.5 Å². The van der Waals surface area contributed by atoms with E-state index in [4.69, 9.17) is 21.7 Å². The quantitative estimate of drug-likeness (QED) is 0.330. The summed E-state index contributed by atoms with van der Waals surface area (Å²) in [7, 11) is 3.32. The van der Waals surface area contributed by atoms with Crippen LogP contribution >= 0.6 is 12.2 Å². The molecule has 0 amide bonds. The zero-order valence-electron chi connectivity index (χ0n) is 21.1. The first kappa shape index (κ1) is 23.9. The highest BCUT2D eigenvalue weighted by molar-refractivity contribution is 7.80. The summed E-state index contributed by atoms with van der Waals surface area (Å²) in [4.78, 5) is 6.84. The van der Waals surface area contributed by atoms with Crippen molar-refractivity contribution in [1.82, 2.24) is 14.9 Å². The van der Waals surface area contributed by atoms with Crippen molar-refractivity contribution in [3.8, 4) is 17.2 Å². The molecule has 1 fully saturated rings. The van der Waals surface area contributed by atoms with Gasteiger partial charge in [0.25, 0.3) is 0 Å². The number of thiocarbonyl (C=S) groups is 1. The van der Waals surface area contributed by atoms with E-state index in [1.54, 1.807) is 14.2 Å². The van der Waals surface area contributed by atoms with E-state index >= 15 is 0 Å². The van der Waals surface area contributed by atoms with Gasteiger partial charge < -0.3 is 24.3 Å². The minimum absolute atomic E-state index is 0.139. The fraction of sp³-hybridized carbons (Fsp3) is 0.241. The molecule has 0 bridgehead atoms. The molecule has 1 aliphatic heterocycles. The fourth-order valence-electron chi connectivity index (χ4n) is 5.09. The highest BCUT2D eigenvalue weighted by atomic mass is 32.1. The van der Waals surface area contributed by atoms with E-state index in [9.17, 15) is 0 Å². The third kappa shape index (κ3) is 4.09. The van der Waals surface area contributed by atoms with Crippen LogP contribution in [0.5, 0.6) is 11.5 Å². The second-order valence-electron chi connectivity index (χ2n) is 9.03. The molecule has 0 spiro atoms. The molecule has 0 saturated carbocycles. The molecule has 184 valence electrons. The Morgan fingerprint density at radius 1 is 0.917 bits per heavy atom. The molecule has 7 heteroatoms. The monoisotopic (exact) mass is 498 g/mol. The smallest absolute Gasteiger partial charge is 0.174 e. The van der Waals surface area contributed by atoms with Crippen LogP contribution < -0.4 is 19.7 Å².